The van der Waals surface area contributed by atoms with Gasteiger partial charge < -0.3 is 5.73 Å². The number of rotatable bonds is 6. The van der Waals surface area contributed by atoms with Crippen LogP contribution in [-0.2, 0) is 9.84 Å². The predicted molar refractivity (Wildman–Crippen MR) is 56.4 cm³/mol. The Kier molecular flexibility index (Phi) is 5.56. The van der Waals surface area contributed by atoms with E-state index in [1.54, 1.807) is 0 Å². The summed E-state index contributed by atoms with van der Waals surface area (Å²) in [6.07, 6.45) is 4.02. The highest BCUT2D eigenvalue weighted by Crippen LogP contribution is 2.11. The zero-order chi connectivity index (χ0) is 10.5. The van der Waals surface area contributed by atoms with Crippen molar-refractivity contribution in [3.8, 4) is 0 Å². The maximum absolute atomic E-state index is 10.9. The number of hydrogen-bond acceptors (Lipinski definition) is 3. The second kappa shape index (κ2) is 5.60. The second-order valence-corrected chi connectivity index (χ2v) is 6.11. The molecule has 80 valence electrons. The molecule has 0 rings (SSSR count). The van der Waals surface area contributed by atoms with Crippen molar-refractivity contribution in [2.75, 3.05) is 12.0 Å². The summed E-state index contributed by atoms with van der Waals surface area (Å²) in [6.45, 7) is 4.19. The van der Waals surface area contributed by atoms with E-state index in [0.717, 1.165) is 12.8 Å². The molecule has 4 heteroatoms. The van der Waals surface area contributed by atoms with E-state index in [1.165, 1.54) is 6.26 Å². The Labute approximate surface area is 81.6 Å². The van der Waals surface area contributed by atoms with Gasteiger partial charge in [-0.3, -0.25) is 0 Å². The molecule has 0 aliphatic carbocycles. The summed E-state index contributed by atoms with van der Waals surface area (Å²) in [6, 6.07) is 0.0228. The molecular formula is C9H21NO2S. The van der Waals surface area contributed by atoms with Crippen LogP contribution in [0.15, 0.2) is 0 Å². The first-order valence-electron chi connectivity index (χ1n) is 4.80. The van der Waals surface area contributed by atoms with E-state index in [2.05, 4.69) is 13.8 Å². The van der Waals surface area contributed by atoms with Gasteiger partial charge in [-0.2, -0.15) is 0 Å². The summed E-state index contributed by atoms with van der Waals surface area (Å²) in [5.41, 5.74) is 5.85. The molecule has 0 aromatic heterocycles. The first kappa shape index (κ1) is 12.9. The van der Waals surface area contributed by atoms with Crippen molar-refractivity contribution in [3.63, 3.8) is 0 Å². The molecule has 0 amide bonds. The molecule has 2 N–H and O–H groups in total. The average molecular weight is 207 g/mol. The molecule has 2 atom stereocenters. The minimum atomic E-state index is -2.85. The molecule has 0 heterocycles. The van der Waals surface area contributed by atoms with Crippen molar-refractivity contribution < 1.29 is 8.42 Å². The molecule has 0 aliphatic rings. The molecule has 0 saturated heterocycles. The van der Waals surface area contributed by atoms with E-state index in [-0.39, 0.29) is 11.8 Å². The molecule has 0 spiro atoms. The van der Waals surface area contributed by atoms with Gasteiger partial charge in [0.05, 0.1) is 5.75 Å². The number of nitrogens with two attached hydrogens (primary N) is 1. The molecule has 13 heavy (non-hydrogen) atoms. The Balaban J connectivity index is 3.80. The average Bonchev–Trinajstić information content (AvgIpc) is 1.99. The van der Waals surface area contributed by atoms with Gasteiger partial charge >= 0.3 is 0 Å². The molecule has 0 aliphatic heterocycles. The molecule has 0 bridgehead atoms. The van der Waals surface area contributed by atoms with Crippen LogP contribution in [0.25, 0.3) is 0 Å². The van der Waals surface area contributed by atoms with E-state index in [1.807, 2.05) is 0 Å². The fourth-order valence-corrected chi connectivity index (χ4v) is 2.00. The van der Waals surface area contributed by atoms with Crippen LogP contribution < -0.4 is 5.73 Å². The van der Waals surface area contributed by atoms with E-state index in [0.29, 0.717) is 12.3 Å². The first-order chi connectivity index (χ1) is 5.87. The van der Waals surface area contributed by atoms with Gasteiger partial charge in [0.25, 0.3) is 0 Å². The van der Waals surface area contributed by atoms with Gasteiger partial charge in [0, 0.05) is 12.3 Å². The molecule has 0 aromatic rings. The zero-order valence-corrected chi connectivity index (χ0v) is 9.60. The van der Waals surface area contributed by atoms with Crippen LogP contribution in [0.4, 0.5) is 0 Å². The lowest BCUT2D eigenvalue weighted by Crippen LogP contribution is -2.30. The molecule has 0 fully saturated rings. The number of sulfone groups is 1. The van der Waals surface area contributed by atoms with E-state index < -0.39 is 9.84 Å². The Morgan fingerprint density at radius 2 is 1.85 bits per heavy atom. The zero-order valence-electron chi connectivity index (χ0n) is 8.79. The van der Waals surface area contributed by atoms with Crippen LogP contribution in [0.3, 0.4) is 0 Å². The van der Waals surface area contributed by atoms with Gasteiger partial charge in [0.15, 0.2) is 0 Å². The van der Waals surface area contributed by atoms with Crippen molar-refractivity contribution in [2.45, 2.75) is 39.2 Å². The third-order valence-corrected chi connectivity index (χ3v) is 3.27. The van der Waals surface area contributed by atoms with E-state index >= 15 is 0 Å². The maximum atomic E-state index is 10.9. The molecule has 0 aromatic carbocycles. The van der Waals surface area contributed by atoms with Crippen LogP contribution in [0.1, 0.15) is 33.1 Å². The smallest absolute Gasteiger partial charge is 0.147 e. The Morgan fingerprint density at radius 1 is 1.31 bits per heavy atom. The van der Waals surface area contributed by atoms with Crippen molar-refractivity contribution in [1.29, 1.82) is 0 Å². The minimum absolute atomic E-state index is 0.0228. The molecular weight excluding hydrogens is 186 g/mol. The highest BCUT2D eigenvalue weighted by atomic mass is 32.2. The molecule has 3 nitrogen and oxygen atoms in total. The standard InChI is InChI=1S/C9H21NO2S/c1-4-5-8(2)9(10)6-7-13(3,11)12/h8-9H,4-7,10H2,1-3H3. The summed E-state index contributed by atoms with van der Waals surface area (Å²) >= 11 is 0. The van der Waals surface area contributed by atoms with Crippen LogP contribution >= 0.6 is 0 Å². The maximum Gasteiger partial charge on any atom is 0.147 e. The molecule has 2 unspecified atom stereocenters. The van der Waals surface area contributed by atoms with Gasteiger partial charge in [-0.25, -0.2) is 8.42 Å². The summed E-state index contributed by atoms with van der Waals surface area (Å²) in [5.74, 6) is 0.633. The summed E-state index contributed by atoms with van der Waals surface area (Å²) in [4.78, 5) is 0. The monoisotopic (exact) mass is 207 g/mol. The van der Waals surface area contributed by atoms with Gasteiger partial charge in [-0.1, -0.05) is 20.3 Å². The van der Waals surface area contributed by atoms with Crippen LogP contribution in [-0.4, -0.2) is 26.5 Å². The normalized spacial score (nSPS) is 16.9. The van der Waals surface area contributed by atoms with Crippen molar-refractivity contribution in [3.05, 3.63) is 0 Å². The fourth-order valence-electron chi connectivity index (χ4n) is 1.30. The summed E-state index contributed by atoms with van der Waals surface area (Å²) in [7, 11) is -2.85. The number of hydrogen-bond donors (Lipinski definition) is 1. The third kappa shape index (κ3) is 7.02. The fraction of sp³-hybridized carbons (Fsp3) is 1.00. The largest absolute Gasteiger partial charge is 0.327 e. The summed E-state index contributed by atoms with van der Waals surface area (Å²) < 4.78 is 21.7. The Hall–Kier alpha value is -0.0900. The first-order valence-corrected chi connectivity index (χ1v) is 6.86. The SMILES string of the molecule is CCCC(C)C(N)CCS(C)(=O)=O. The minimum Gasteiger partial charge on any atom is -0.327 e. The van der Waals surface area contributed by atoms with E-state index in [4.69, 9.17) is 5.73 Å². The van der Waals surface area contributed by atoms with E-state index in [9.17, 15) is 8.42 Å². The summed E-state index contributed by atoms with van der Waals surface area (Å²) in [5, 5.41) is 0. The Morgan fingerprint density at radius 3 is 2.23 bits per heavy atom. The van der Waals surface area contributed by atoms with Gasteiger partial charge in [-0.15, -0.1) is 0 Å². The van der Waals surface area contributed by atoms with Gasteiger partial charge in [0.1, 0.15) is 9.84 Å². The van der Waals surface area contributed by atoms with Gasteiger partial charge in [0.2, 0.25) is 0 Å². The third-order valence-electron chi connectivity index (χ3n) is 2.30. The van der Waals surface area contributed by atoms with Crippen molar-refractivity contribution in [2.24, 2.45) is 11.7 Å². The van der Waals surface area contributed by atoms with Crippen molar-refractivity contribution >= 4 is 9.84 Å². The topological polar surface area (TPSA) is 60.2 Å². The van der Waals surface area contributed by atoms with Crippen molar-refractivity contribution in [1.82, 2.24) is 0 Å². The quantitative estimate of drug-likeness (QED) is 0.711. The Bertz CT molecular complexity index is 224. The highest BCUT2D eigenvalue weighted by Gasteiger charge is 2.13. The lowest BCUT2D eigenvalue weighted by molar-refractivity contribution is 0.413. The lowest BCUT2D eigenvalue weighted by Gasteiger charge is -2.18. The highest BCUT2D eigenvalue weighted by molar-refractivity contribution is 7.90. The van der Waals surface area contributed by atoms with Crippen LogP contribution in [0, 0.1) is 5.92 Å². The van der Waals surface area contributed by atoms with Crippen LogP contribution in [0.5, 0.6) is 0 Å². The van der Waals surface area contributed by atoms with Crippen LogP contribution in [0.2, 0.25) is 0 Å². The molecule has 0 radical (unpaired) electrons. The predicted octanol–water partition coefficient (Wildman–Crippen LogP) is 1.18. The molecule has 0 saturated carbocycles. The second-order valence-electron chi connectivity index (χ2n) is 3.85. The lowest BCUT2D eigenvalue weighted by atomic mass is 9.96. The van der Waals surface area contributed by atoms with Gasteiger partial charge in [-0.05, 0) is 18.8 Å².